The second-order valence-electron chi connectivity index (χ2n) is 4.03. The Labute approximate surface area is 101 Å². The Bertz CT molecular complexity index is 229. The number of carbonyl (C=O) groups is 2. The molecule has 92 valence electrons. The average Bonchev–Trinajstić information content (AvgIpc) is 1.97. The van der Waals surface area contributed by atoms with Crippen molar-refractivity contribution in [1.82, 2.24) is 0 Å². The molecule has 5 nitrogen and oxygen atoms in total. The maximum atomic E-state index is 11.3. The molecule has 0 atom stereocenters. The number of ketones is 1. The lowest BCUT2D eigenvalue weighted by Crippen LogP contribution is -2.35. The molecule has 0 aliphatic heterocycles. The van der Waals surface area contributed by atoms with E-state index >= 15 is 0 Å². The summed E-state index contributed by atoms with van der Waals surface area (Å²) in [5, 5.41) is 0. The Hall–Kier alpha value is -0.408. The molecule has 0 saturated carbocycles. The lowest BCUT2D eigenvalue weighted by atomic mass is 10.3. The number of carbonyl (C=O) groups excluding carboxylic acids is 2. The number of Topliss-reactive ketones (excluding diaryl/α,β-unsaturated/α-hetero) is 1. The Morgan fingerprint density at radius 1 is 1.06 bits per heavy atom. The van der Waals surface area contributed by atoms with Crippen molar-refractivity contribution in [2.75, 3.05) is 0 Å². The van der Waals surface area contributed by atoms with Gasteiger partial charge in [-0.25, -0.2) is 0 Å². The van der Waals surface area contributed by atoms with Crippen molar-refractivity contribution in [1.29, 1.82) is 0 Å². The van der Waals surface area contributed by atoms with Crippen LogP contribution in [0.5, 0.6) is 0 Å². The highest BCUT2D eigenvalue weighted by atomic mass is 27.3. The molecule has 0 aromatic rings. The molecule has 0 spiro atoms. The average molecular weight is 246 g/mol. The summed E-state index contributed by atoms with van der Waals surface area (Å²) in [6.45, 7) is 8.68. The van der Waals surface area contributed by atoms with Gasteiger partial charge in [0.1, 0.15) is 12.2 Å². The zero-order valence-electron chi connectivity index (χ0n) is 10.5. The Kier molecular flexibility index (Phi) is 7.60. The van der Waals surface area contributed by atoms with E-state index in [-0.39, 0.29) is 24.4 Å². The standard InChI is InChI=1S/C4H6O3.2C3H7O.Al/c1-3(5)2-4(6)7;2*1-3(2)4;/h2H2,1H3,(H,6,7);2*3H,1-2H3;/q;2*-1;+3/p-1. The molecular weight excluding hydrogens is 227 g/mol. The van der Waals surface area contributed by atoms with Gasteiger partial charge >= 0.3 is 15.1 Å². The predicted octanol–water partition coefficient (Wildman–Crippen LogP) is 1.34. The fourth-order valence-electron chi connectivity index (χ4n) is 0.884. The summed E-state index contributed by atoms with van der Waals surface area (Å²) < 4.78 is 15.8. The summed E-state index contributed by atoms with van der Waals surface area (Å²) in [4.78, 5) is 22.0. The second-order valence-corrected chi connectivity index (χ2v) is 5.38. The van der Waals surface area contributed by atoms with Gasteiger partial charge in [0, 0.05) is 12.2 Å². The Morgan fingerprint density at radius 2 is 1.50 bits per heavy atom. The third kappa shape index (κ3) is 8.87. The third-order valence-corrected chi connectivity index (χ3v) is 3.38. The van der Waals surface area contributed by atoms with Crippen LogP contribution in [0.4, 0.5) is 0 Å². The molecule has 0 radical (unpaired) electrons. The van der Waals surface area contributed by atoms with E-state index in [1.165, 1.54) is 6.92 Å². The van der Waals surface area contributed by atoms with Crippen LogP contribution in [-0.2, 0) is 21.0 Å². The van der Waals surface area contributed by atoms with E-state index in [9.17, 15) is 9.59 Å². The molecule has 0 aliphatic rings. The largest absolute Gasteiger partial charge is 1.00 e. The van der Waals surface area contributed by atoms with Gasteiger partial charge in [-0.3, -0.25) is 9.59 Å². The van der Waals surface area contributed by atoms with Gasteiger partial charge in [0.15, 0.2) is 0 Å². The van der Waals surface area contributed by atoms with Crippen molar-refractivity contribution in [3.8, 4) is 0 Å². The van der Waals surface area contributed by atoms with E-state index in [1.807, 2.05) is 27.7 Å². The first-order chi connectivity index (χ1) is 7.31. The molecule has 0 N–H and O–H groups in total. The first-order valence-corrected chi connectivity index (χ1v) is 6.72. The maximum absolute atomic E-state index is 11.3. The molecular formula is C10H19AlO5. The molecule has 16 heavy (non-hydrogen) atoms. The lowest BCUT2D eigenvalue weighted by Gasteiger charge is -2.17. The van der Waals surface area contributed by atoms with Crippen LogP contribution in [0.25, 0.3) is 0 Å². The van der Waals surface area contributed by atoms with Crippen molar-refractivity contribution in [2.45, 2.75) is 53.2 Å². The van der Waals surface area contributed by atoms with Crippen LogP contribution < -0.4 is 0 Å². The predicted molar refractivity (Wildman–Crippen MR) is 59.6 cm³/mol. The quantitative estimate of drug-likeness (QED) is 0.501. The smallest absolute Gasteiger partial charge is 0.572 e. The van der Waals surface area contributed by atoms with E-state index in [0.29, 0.717) is 0 Å². The van der Waals surface area contributed by atoms with Crippen molar-refractivity contribution >= 4 is 26.9 Å². The van der Waals surface area contributed by atoms with Gasteiger partial charge in [-0.05, 0) is 34.6 Å². The molecule has 0 bridgehead atoms. The molecule has 0 unspecified atom stereocenters. The minimum atomic E-state index is -2.47. The first-order valence-electron chi connectivity index (χ1n) is 5.31. The van der Waals surface area contributed by atoms with Gasteiger partial charge in [0.05, 0.1) is 0 Å². The van der Waals surface area contributed by atoms with Gasteiger partial charge in [-0.1, -0.05) is 0 Å². The summed E-state index contributed by atoms with van der Waals surface area (Å²) in [5.41, 5.74) is 0. The highest BCUT2D eigenvalue weighted by molar-refractivity contribution is 6.39. The monoisotopic (exact) mass is 246 g/mol. The SMILES string of the molecule is CC(=O)CC(=O)[O][Al]([O]C(C)C)[O]C(C)C. The highest BCUT2D eigenvalue weighted by Crippen LogP contribution is 2.03. The fraction of sp³-hybridized carbons (Fsp3) is 0.800. The van der Waals surface area contributed by atoms with Crippen LogP contribution in [0.15, 0.2) is 0 Å². The van der Waals surface area contributed by atoms with Gasteiger partial charge < -0.3 is 11.4 Å². The van der Waals surface area contributed by atoms with Crippen LogP contribution in [0.3, 0.4) is 0 Å². The molecule has 0 aliphatic carbocycles. The summed E-state index contributed by atoms with van der Waals surface area (Å²) >= 11 is -2.47. The minimum absolute atomic E-state index is 0.0689. The molecule has 0 rings (SSSR count). The number of rotatable bonds is 7. The summed E-state index contributed by atoms with van der Waals surface area (Å²) in [5.74, 6) is -0.808. The van der Waals surface area contributed by atoms with Gasteiger partial charge in [-0.2, -0.15) is 0 Å². The molecule has 0 aromatic carbocycles. The Balaban J connectivity index is 4.18. The second kappa shape index (κ2) is 7.80. The van der Waals surface area contributed by atoms with Crippen LogP contribution in [0.2, 0.25) is 0 Å². The van der Waals surface area contributed by atoms with Crippen LogP contribution in [0, 0.1) is 0 Å². The van der Waals surface area contributed by atoms with Crippen molar-refractivity contribution in [3.63, 3.8) is 0 Å². The van der Waals surface area contributed by atoms with Crippen molar-refractivity contribution in [3.05, 3.63) is 0 Å². The zero-order chi connectivity index (χ0) is 12.7. The van der Waals surface area contributed by atoms with Crippen molar-refractivity contribution < 1.29 is 21.0 Å². The van der Waals surface area contributed by atoms with Crippen LogP contribution in [-0.4, -0.2) is 39.1 Å². The molecule has 0 saturated heterocycles. The maximum Gasteiger partial charge on any atom is 1.00 e. The molecule has 0 aromatic heterocycles. The molecule has 0 amide bonds. The summed E-state index contributed by atoms with van der Waals surface area (Å²) in [6, 6.07) is 0. The van der Waals surface area contributed by atoms with E-state index in [0.717, 1.165) is 0 Å². The molecule has 0 fully saturated rings. The zero-order valence-corrected chi connectivity index (χ0v) is 11.6. The van der Waals surface area contributed by atoms with E-state index < -0.39 is 21.1 Å². The topological polar surface area (TPSA) is 61.8 Å². The number of hydrogen-bond donors (Lipinski definition) is 0. The normalized spacial score (nSPS) is 10.7. The van der Waals surface area contributed by atoms with Gasteiger partial charge in [0.2, 0.25) is 0 Å². The summed E-state index contributed by atoms with van der Waals surface area (Å²) in [6.07, 6.45) is -0.368. The van der Waals surface area contributed by atoms with Crippen LogP contribution in [0.1, 0.15) is 41.0 Å². The Morgan fingerprint density at radius 3 is 1.81 bits per heavy atom. The molecule has 0 heterocycles. The van der Waals surface area contributed by atoms with Gasteiger partial charge in [0.25, 0.3) is 5.97 Å². The fourth-order valence-corrected chi connectivity index (χ4v) is 2.25. The van der Waals surface area contributed by atoms with E-state index in [1.54, 1.807) is 0 Å². The van der Waals surface area contributed by atoms with Crippen molar-refractivity contribution in [2.24, 2.45) is 0 Å². The van der Waals surface area contributed by atoms with E-state index in [2.05, 4.69) is 0 Å². The highest BCUT2D eigenvalue weighted by Gasteiger charge is 2.39. The molecule has 6 heteroatoms. The third-order valence-electron chi connectivity index (χ3n) is 1.39. The number of hydrogen-bond acceptors (Lipinski definition) is 5. The van der Waals surface area contributed by atoms with Crippen LogP contribution >= 0.6 is 0 Å². The van der Waals surface area contributed by atoms with E-state index in [4.69, 9.17) is 11.4 Å². The summed E-state index contributed by atoms with van der Waals surface area (Å²) in [7, 11) is 0. The minimum Gasteiger partial charge on any atom is -0.572 e. The van der Waals surface area contributed by atoms with Gasteiger partial charge in [-0.15, -0.1) is 0 Å². The first kappa shape index (κ1) is 15.6. The lowest BCUT2D eigenvalue weighted by molar-refractivity contribution is -0.141.